The van der Waals surface area contributed by atoms with Crippen molar-refractivity contribution in [1.29, 1.82) is 0 Å². The van der Waals surface area contributed by atoms with Gasteiger partial charge in [0.15, 0.2) is 0 Å². The summed E-state index contributed by atoms with van der Waals surface area (Å²) in [5, 5.41) is 11.0. The Kier molecular flexibility index (Phi) is 6.55. The molecule has 1 amide bonds. The van der Waals surface area contributed by atoms with Crippen molar-refractivity contribution in [2.45, 2.75) is 25.4 Å². The number of thiophene rings is 1. The number of aliphatic hydroxyl groups excluding tert-OH is 1. The predicted octanol–water partition coefficient (Wildman–Crippen LogP) is 2.55. The molecular weight excluding hydrogens is 291 g/mol. The summed E-state index contributed by atoms with van der Waals surface area (Å²) in [6.45, 7) is -0.0350. The molecular formula is C13H14F3NO2S. The van der Waals surface area contributed by atoms with Crippen LogP contribution >= 0.6 is 11.3 Å². The quantitative estimate of drug-likeness (QED) is 0.649. The Bertz CT molecular complexity index is 500. The number of nitrogens with one attached hydrogen (secondary N) is 1. The Balaban J connectivity index is 2.39. The number of hydrogen-bond acceptors (Lipinski definition) is 3. The first-order valence-electron chi connectivity index (χ1n) is 5.97. The molecule has 0 bridgehead atoms. The maximum absolute atomic E-state index is 11.9. The van der Waals surface area contributed by atoms with E-state index in [4.69, 9.17) is 5.11 Å². The van der Waals surface area contributed by atoms with E-state index in [1.807, 2.05) is 0 Å². The number of rotatable bonds is 5. The molecule has 0 atom stereocenters. The summed E-state index contributed by atoms with van der Waals surface area (Å²) in [5.74, 6) is 5.12. The molecule has 0 saturated carbocycles. The third-order valence-electron chi connectivity index (χ3n) is 2.20. The fourth-order valence-electron chi connectivity index (χ4n) is 1.31. The Labute approximate surface area is 118 Å². The Morgan fingerprint density at radius 1 is 1.40 bits per heavy atom. The van der Waals surface area contributed by atoms with Crippen LogP contribution in [0.2, 0.25) is 0 Å². The van der Waals surface area contributed by atoms with Crippen LogP contribution in [0.1, 0.15) is 33.8 Å². The number of alkyl halides is 3. The van der Waals surface area contributed by atoms with Crippen molar-refractivity contribution in [2.75, 3.05) is 13.2 Å². The van der Waals surface area contributed by atoms with E-state index in [0.717, 1.165) is 0 Å². The average molecular weight is 305 g/mol. The van der Waals surface area contributed by atoms with Gasteiger partial charge in [-0.15, -0.1) is 11.3 Å². The van der Waals surface area contributed by atoms with E-state index < -0.39 is 18.5 Å². The van der Waals surface area contributed by atoms with Crippen molar-refractivity contribution in [3.63, 3.8) is 0 Å². The van der Waals surface area contributed by atoms with Crippen LogP contribution in [-0.2, 0) is 0 Å². The molecule has 0 aromatic carbocycles. The molecule has 1 heterocycles. The van der Waals surface area contributed by atoms with Gasteiger partial charge in [0.25, 0.3) is 5.91 Å². The topological polar surface area (TPSA) is 49.3 Å². The highest BCUT2D eigenvalue weighted by Crippen LogP contribution is 2.21. The first-order valence-corrected chi connectivity index (χ1v) is 6.78. The van der Waals surface area contributed by atoms with Gasteiger partial charge in [0, 0.05) is 19.4 Å². The minimum Gasteiger partial charge on any atom is -0.395 e. The van der Waals surface area contributed by atoms with Crippen LogP contribution in [0.4, 0.5) is 13.2 Å². The van der Waals surface area contributed by atoms with Gasteiger partial charge in [-0.2, -0.15) is 13.2 Å². The lowest BCUT2D eigenvalue weighted by Gasteiger charge is -2.06. The summed E-state index contributed by atoms with van der Waals surface area (Å²) in [6.07, 6.45) is -4.88. The summed E-state index contributed by atoms with van der Waals surface area (Å²) >= 11 is 1.17. The molecule has 20 heavy (non-hydrogen) atoms. The molecule has 1 rings (SSSR count). The van der Waals surface area contributed by atoms with E-state index in [9.17, 15) is 18.0 Å². The number of amides is 1. The largest absolute Gasteiger partial charge is 0.395 e. The zero-order valence-corrected chi connectivity index (χ0v) is 11.4. The van der Waals surface area contributed by atoms with E-state index in [1.165, 1.54) is 11.3 Å². The lowest BCUT2D eigenvalue weighted by molar-refractivity contribution is -0.135. The van der Waals surface area contributed by atoms with Crippen molar-refractivity contribution in [3.05, 3.63) is 21.9 Å². The van der Waals surface area contributed by atoms with Crippen LogP contribution in [0.5, 0.6) is 0 Å². The second-order valence-electron chi connectivity index (χ2n) is 3.91. The zero-order chi connectivity index (χ0) is 15.0. The normalized spacial score (nSPS) is 10.8. The molecule has 2 N–H and O–H groups in total. The monoisotopic (exact) mass is 305 g/mol. The van der Waals surface area contributed by atoms with E-state index in [1.54, 1.807) is 12.1 Å². The van der Waals surface area contributed by atoms with Crippen LogP contribution in [0.3, 0.4) is 0 Å². The molecule has 0 fully saturated rings. The van der Waals surface area contributed by atoms with Gasteiger partial charge in [0.2, 0.25) is 0 Å². The number of hydrogen-bond donors (Lipinski definition) is 2. The lowest BCUT2D eigenvalue weighted by atomic mass is 10.3. The van der Waals surface area contributed by atoms with Gasteiger partial charge >= 0.3 is 6.18 Å². The van der Waals surface area contributed by atoms with Crippen molar-refractivity contribution in [3.8, 4) is 11.8 Å². The highest BCUT2D eigenvalue weighted by molar-refractivity contribution is 7.14. The van der Waals surface area contributed by atoms with E-state index >= 15 is 0 Å². The van der Waals surface area contributed by atoms with Gasteiger partial charge in [-0.1, -0.05) is 11.8 Å². The van der Waals surface area contributed by atoms with Crippen LogP contribution in [0.15, 0.2) is 12.1 Å². The van der Waals surface area contributed by atoms with Gasteiger partial charge < -0.3 is 10.4 Å². The SMILES string of the molecule is O=C(NCCCC(F)(F)F)c1ccc(C#CCCO)s1. The van der Waals surface area contributed by atoms with E-state index in [-0.39, 0.29) is 19.6 Å². The van der Waals surface area contributed by atoms with Crippen molar-refractivity contribution < 1.29 is 23.1 Å². The van der Waals surface area contributed by atoms with E-state index in [0.29, 0.717) is 16.2 Å². The third-order valence-corrected chi connectivity index (χ3v) is 3.20. The fourth-order valence-corrected chi connectivity index (χ4v) is 2.11. The summed E-state index contributed by atoms with van der Waals surface area (Å²) < 4.78 is 35.7. The second-order valence-corrected chi connectivity index (χ2v) is 5.00. The maximum Gasteiger partial charge on any atom is 0.389 e. The Hall–Kier alpha value is -1.52. The third kappa shape index (κ3) is 6.59. The lowest BCUT2D eigenvalue weighted by Crippen LogP contribution is -2.24. The van der Waals surface area contributed by atoms with Crippen molar-refractivity contribution >= 4 is 17.2 Å². The molecule has 7 heteroatoms. The summed E-state index contributed by atoms with van der Waals surface area (Å²) in [7, 11) is 0. The van der Waals surface area contributed by atoms with Crippen molar-refractivity contribution in [2.24, 2.45) is 0 Å². The molecule has 0 unspecified atom stereocenters. The molecule has 1 aromatic rings. The minimum absolute atomic E-state index is 0.0121. The minimum atomic E-state index is -4.19. The molecule has 0 aliphatic rings. The number of carbonyl (C=O) groups excluding carboxylic acids is 1. The van der Waals surface area contributed by atoms with Gasteiger partial charge in [-0.3, -0.25) is 4.79 Å². The van der Waals surface area contributed by atoms with Crippen LogP contribution in [-0.4, -0.2) is 30.3 Å². The molecule has 3 nitrogen and oxygen atoms in total. The van der Waals surface area contributed by atoms with Crippen molar-refractivity contribution in [1.82, 2.24) is 5.32 Å². The van der Waals surface area contributed by atoms with Gasteiger partial charge in [-0.25, -0.2) is 0 Å². The average Bonchev–Trinajstić information content (AvgIpc) is 2.82. The van der Waals surface area contributed by atoms with Crippen LogP contribution < -0.4 is 5.32 Å². The first-order chi connectivity index (χ1) is 9.42. The number of carbonyl (C=O) groups is 1. The van der Waals surface area contributed by atoms with Crippen LogP contribution in [0.25, 0.3) is 0 Å². The molecule has 0 radical (unpaired) electrons. The molecule has 0 saturated heterocycles. The molecule has 0 aliphatic carbocycles. The van der Waals surface area contributed by atoms with Gasteiger partial charge in [0.05, 0.1) is 16.4 Å². The predicted molar refractivity (Wildman–Crippen MR) is 70.5 cm³/mol. The van der Waals surface area contributed by atoms with Gasteiger partial charge in [0.1, 0.15) is 0 Å². The molecule has 0 spiro atoms. The first kappa shape index (κ1) is 16.5. The zero-order valence-electron chi connectivity index (χ0n) is 10.6. The second kappa shape index (κ2) is 7.92. The molecule has 1 aromatic heterocycles. The maximum atomic E-state index is 11.9. The summed E-state index contributed by atoms with van der Waals surface area (Å²) in [4.78, 5) is 12.7. The summed E-state index contributed by atoms with van der Waals surface area (Å²) in [5.41, 5.74) is 0. The standard InChI is InChI=1S/C13H14F3NO2S/c14-13(15,16)7-3-8-17-12(19)11-6-5-10(20-11)4-1-2-9-18/h5-6,18H,2-3,7-9H2,(H,17,19). The van der Waals surface area contributed by atoms with Gasteiger partial charge in [-0.05, 0) is 18.6 Å². The fraction of sp³-hybridized carbons (Fsp3) is 0.462. The molecule has 0 aliphatic heterocycles. The van der Waals surface area contributed by atoms with Crippen LogP contribution in [0, 0.1) is 11.8 Å². The highest BCUT2D eigenvalue weighted by Gasteiger charge is 2.26. The number of halogens is 3. The smallest absolute Gasteiger partial charge is 0.389 e. The molecule has 110 valence electrons. The van der Waals surface area contributed by atoms with E-state index in [2.05, 4.69) is 17.2 Å². The Morgan fingerprint density at radius 2 is 2.15 bits per heavy atom. The summed E-state index contributed by atoms with van der Waals surface area (Å²) in [6, 6.07) is 3.24. The Morgan fingerprint density at radius 3 is 2.80 bits per heavy atom. The highest BCUT2D eigenvalue weighted by atomic mass is 32.1. The number of aliphatic hydroxyl groups is 1.